The lowest BCUT2D eigenvalue weighted by atomic mass is 10.0. The second-order valence-corrected chi connectivity index (χ2v) is 5.18. The van der Waals surface area contributed by atoms with Crippen molar-refractivity contribution in [3.63, 3.8) is 0 Å². The number of benzene rings is 1. The Morgan fingerprint density at radius 3 is 2.35 bits per heavy atom. The number of nitrogens with one attached hydrogen (secondary N) is 2. The van der Waals surface area contributed by atoms with Crippen molar-refractivity contribution in [1.82, 2.24) is 5.32 Å². The molecule has 0 bridgehead atoms. The van der Waals surface area contributed by atoms with Crippen molar-refractivity contribution in [2.24, 2.45) is 0 Å². The maximum absolute atomic E-state index is 11.7. The van der Waals surface area contributed by atoms with E-state index in [0.29, 0.717) is 13.0 Å². The molecule has 0 saturated heterocycles. The van der Waals surface area contributed by atoms with Crippen molar-refractivity contribution < 1.29 is 14.3 Å². The molecule has 0 heterocycles. The third-order valence-electron chi connectivity index (χ3n) is 2.81. The van der Waals surface area contributed by atoms with Gasteiger partial charge in [-0.2, -0.15) is 0 Å². The van der Waals surface area contributed by atoms with Crippen molar-refractivity contribution in [2.45, 2.75) is 26.9 Å². The minimum absolute atomic E-state index is 0.0230. The number of rotatable bonds is 6. The van der Waals surface area contributed by atoms with Crippen LogP contribution in [0.2, 0.25) is 0 Å². The maximum Gasteiger partial charge on any atom is 0.374 e. The molecule has 5 nitrogen and oxygen atoms in total. The summed E-state index contributed by atoms with van der Waals surface area (Å²) < 4.78 is 4.89. The number of ether oxygens (including phenoxy) is 1. The van der Waals surface area contributed by atoms with Gasteiger partial charge in [0.1, 0.15) is 6.61 Å². The Labute approximate surface area is 127 Å². The number of carbonyl (C=O) groups is 2. The highest BCUT2D eigenvalue weighted by molar-refractivity contribution is 9.18. The zero-order valence-electron chi connectivity index (χ0n) is 11.9. The number of hydrogen-bond acceptors (Lipinski definition) is 4. The van der Waals surface area contributed by atoms with E-state index in [2.05, 4.69) is 26.6 Å². The van der Waals surface area contributed by atoms with E-state index in [0.717, 1.165) is 22.4 Å². The SMILES string of the molecule is CNCCC(=O)Nc1c(C)cc(COC(=O)Br)cc1C. The Kier molecular flexibility index (Phi) is 6.67. The smallest absolute Gasteiger partial charge is 0.374 e. The van der Waals surface area contributed by atoms with Crippen LogP contribution in [0.25, 0.3) is 0 Å². The Hall–Kier alpha value is -1.40. The normalized spacial score (nSPS) is 10.2. The van der Waals surface area contributed by atoms with E-state index in [9.17, 15) is 9.59 Å². The van der Waals surface area contributed by atoms with Crippen LogP contribution in [0.15, 0.2) is 12.1 Å². The van der Waals surface area contributed by atoms with Gasteiger partial charge in [-0.3, -0.25) is 4.79 Å². The first-order valence-corrected chi connectivity index (χ1v) is 7.10. The molecule has 2 N–H and O–H groups in total. The fourth-order valence-electron chi connectivity index (χ4n) is 1.91. The Morgan fingerprint density at radius 2 is 1.85 bits per heavy atom. The van der Waals surface area contributed by atoms with Crippen molar-refractivity contribution >= 4 is 32.4 Å². The summed E-state index contributed by atoms with van der Waals surface area (Å²) in [6, 6.07) is 3.80. The third-order valence-corrected chi connectivity index (χ3v) is 3.04. The monoisotopic (exact) mass is 342 g/mol. The highest BCUT2D eigenvalue weighted by Crippen LogP contribution is 2.23. The average molecular weight is 343 g/mol. The molecule has 0 aromatic heterocycles. The molecule has 0 aliphatic rings. The summed E-state index contributed by atoms with van der Waals surface area (Å²) in [5.74, 6) is -0.0230. The number of carbonyl (C=O) groups excluding carboxylic acids is 2. The molecule has 0 saturated carbocycles. The molecule has 0 aliphatic carbocycles. The molecule has 0 unspecified atom stereocenters. The summed E-state index contributed by atoms with van der Waals surface area (Å²) in [5.41, 5.74) is 3.60. The average Bonchev–Trinajstić information content (AvgIpc) is 2.38. The maximum atomic E-state index is 11.7. The van der Waals surface area contributed by atoms with E-state index in [4.69, 9.17) is 4.74 Å². The molecular formula is C14H19BrN2O3. The molecule has 0 fully saturated rings. The zero-order valence-corrected chi connectivity index (χ0v) is 13.5. The largest absolute Gasteiger partial charge is 0.452 e. The van der Waals surface area contributed by atoms with Crippen LogP contribution >= 0.6 is 15.9 Å². The number of amides is 1. The fourth-order valence-corrected chi connectivity index (χ4v) is 2.03. The molecule has 0 atom stereocenters. The number of aryl methyl sites for hydroxylation is 2. The van der Waals surface area contributed by atoms with Crippen LogP contribution < -0.4 is 10.6 Å². The number of anilines is 1. The van der Waals surface area contributed by atoms with Gasteiger partial charge < -0.3 is 15.4 Å². The minimum atomic E-state index is -0.489. The van der Waals surface area contributed by atoms with Crippen LogP contribution in [-0.2, 0) is 16.1 Å². The lowest BCUT2D eigenvalue weighted by Crippen LogP contribution is -2.19. The lowest BCUT2D eigenvalue weighted by Gasteiger charge is -2.14. The Morgan fingerprint density at radius 1 is 1.25 bits per heavy atom. The van der Waals surface area contributed by atoms with Gasteiger partial charge in [-0.25, -0.2) is 4.79 Å². The van der Waals surface area contributed by atoms with Gasteiger partial charge >= 0.3 is 4.88 Å². The highest BCUT2D eigenvalue weighted by Gasteiger charge is 2.09. The van der Waals surface area contributed by atoms with Crippen LogP contribution in [-0.4, -0.2) is 24.4 Å². The Balaban J connectivity index is 2.78. The minimum Gasteiger partial charge on any atom is -0.452 e. The van der Waals surface area contributed by atoms with Crippen LogP contribution in [0.5, 0.6) is 0 Å². The van der Waals surface area contributed by atoms with Crippen molar-refractivity contribution in [2.75, 3.05) is 18.9 Å². The van der Waals surface area contributed by atoms with E-state index < -0.39 is 4.88 Å². The van der Waals surface area contributed by atoms with Gasteiger partial charge in [0.05, 0.1) is 0 Å². The summed E-state index contributed by atoms with van der Waals surface area (Å²) in [4.78, 5) is 22.0. The first-order valence-electron chi connectivity index (χ1n) is 6.31. The van der Waals surface area contributed by atoms with Gasteiger partial charge in [0.25, 0.3) is 0 Å². The first-order chi connectivity index (χ1) is 9.43. The molecule has 1 aromatic carbocycles. The molecule has 6 heteroatoms. The van der Waals surface area contributed by atoms with Gasteiger partial charge in [0.15, 0.2) is 0 Å². The Bertz CT molecular complexity index is 480. The standard InChI is InChI=1S/C14H19BrN2O3/c1-9-6-11(8-20-14(15)19)7-10(2)13(9)17-12(18)4-5-16-3/h6-7,16H,4-5,8H2,1-3H3,(H,17,18). The molecule has 20 heavy (non-hydrogen) atoms. The number of halogens is 1. The molecular weight excluding hydrogens is 324 g/mol. The van der Waals surface area contributed by atoms with E-state index in [1.807, 2.05) is 33.0 Å². The molecule has 1 rings (SSSR count). The van der Waals surface area contributed by atoms with E-state index in [-0.39, 0.29) is 12.5 Å². The number of hydrogen-bond donors (Lipinski definition) is 2. The first kappa shape index (κ1) is 16.7. The molecule has 1 aromatic rings. The quantitative estimate of drug-likeness (QED) is 0.780. The topological polar surface area (TPSA) is 67.4 Å². The summed E-state index contributed by atoms with van der Waals surface area (Å²) in [6.45, 7) is 4.68. The fraction of sp³-hybridized carbons (Fsp3) is 0.429. The molecule has 0 radical (unpaired) electrons. The zero-order chi connectivity index (χ0) is 15.1. The van der Waals surface area contributed by atoms with E-state index in [1.165, 1.54) is 0 Å². The van der Waals surface area contributed by atoms with Gasteiger partial charge in [-0.05, 0) is 37.6 Å². The second-order valence-electron chi connectivity index (χ2n) is 4.53. The van der Waals surface area contributed by atoms with E-state index >= 15 is 0 Å². The molecule has 0 spiro atoms. The van der Waals surface area contributed by atoms with E-state index in [1.54, 1.807) is 0 Å². The summed E-state index contributed by atoms with van der Waals surface area (Å²) in [6.07, 6.45) is 0.429. The van der Waals surface area contributed by atoms with Gasteiger partial charge in [-0.15, -0.1) is 0 Å². The van der Waals surface area contributed by atoms with Crippen molar-refractivity contribution in [3.05, 3.63) is 28.8 Å². The third kappa shape index (κ3) is 5.30. The van der Waals surface area contributed by atoms with Crippen molar-refractivity contribution in [1.29, 1.82) is 0 Å². The van der Waals surface area contributed by atoms with Crippen LogP contribution in [0.1, 0.15) is 23.1 Å². The summed E-state index contributed by atoms with van der Waals surface area (Å²) in [7, 11) is 1.81. The summed E-state index contributed by atoms with van der Waals surface area (Å²) in [5, 5.41) is 5.85. The second kappa shape index (κ2) is 8.01. The molecule has 110 valence electrons. The van der Waals surface area contributed by atoms with Crippen LogP contribution in [0, 0.1) is 13.8 Å². The van der Waals surface area contributed by atoms with Crippen LogP contribution in [0.4, 0.5) is 10.5 Å². The predicted molar refractivity (Wildman–Crippen MR) is 82.2 cm³/mol. The lowest BCUT2D eigenvalue weighted by molar-refractivity contribution is -0.116. The predicted octanol–water partition coefficient (Wildman–Crippen LogP) is 2.88. The van der Waals surface area contributed by atoms with Gasteiger partial charge in [0.2, 0.25) is 5.91 Å². The van der Waals surface area contributed by atoms with Gasteiger partial charge in [0, 0.05) is 34.6 Å². The van der Waals surface area contributed by atoms with Gasteiger partial charge in [-0.1, -0.05) is 12.1 Å². The van der Waals surface area contributed by atoms with Crippen molar-refractivity contribution in [3.8, 4) is 0 Å². The molecule has 0 aliphatic heterocycles. The highest BCUT2D eigenvalue weighted by atomic mass is 79.9. The van der Waals surface area contributed by atoms with Crippen LogP contribution in [0.3, 0.4) is 0 Å². The molecule has 1 amide bonds. The summed E-state index contributed by atoms with van der Waals surface area (Å²) >= 11 is 2.72.